The van der Waals surface area contributed by atoms with Crippen LogP contribution in [0.2, 0.25) is 0 Å². The van der Waals surface area contributed by atoms with Crippen LogP contribution in [0.5, 0.6) is 0 Å². The van der Waals surface area contributed by atoms with E-state index >= 15 is 0 Å². The summed E-state index contributed by atoms with van der Waals surface area (Å²) in [5, 5.41) is 8.83. The molecule has 0 saturated carbocycles. The third-order valence-corrected chi connectivity index (χ3v) is 6.44. The number of H-pyrrole nitrogens is 1. The van der Waals surface area contributed by atoms with Gasteiger partial charge in [-0.2, -0.15) is 0 Å². The van der Waals surface area contributed by atoms with Crippen LogP contribution in [0.4, 0.5) is 4.39 Å². The predicted molar refractivity (Wildman–Crippen MR) is 134 cm³/mol. The molecule has 36 heavy (non-hydrogen) atoms. The van der Waals surface area contributed by atoms with Crippen molar-refractivity contribution in [3.63, 3.8) is 0 Å². The second-order valence-corrected chi connectivity index (χ2v) is 8.82. The smallest absolute Gasteiger partial charge is 0.258 e. The highest BCUT2D eigenvalue weighted by Gasteiger charge is 2.22. The molecule has 0 atom stereocenters. The first-order valence-corrected chi connectivity index (χ1v) is 11.9. The van der Waals surface area contributed by atoms with E-state index in [0.29, 0.717) is 46.5 Å². The van der Waals surface area contributed by atoms with Gasteiger partial charge in [-0.25, -0.2) is 9.07 Å². The highest BCUT2D eigenvalue weighted by molar-refractivity contribution is 5.94. The molecule has 3 heterocycles. The highest BCUT2D eigenvalue weighted by atomic mass is 19.1. The summed E-state index contributed by atoms with van der Waals surface area (Å²) in [6.45, 7) is 4.84. The van der Waals surface area contributed by atoms with Crippen molar-refractivity contribution in [2.75, 3.05) is 46.4 Å². The van der Waals surface area contributed by atoms with E-state index in [0.717, 1.165) is 32.7 Å². The highest BCUT2D eigenvalue weighted by Crippen LogP contribution is 2.20. The first-order valence-electron chi connectivity index (χ1n) is 11.9. The van der Waals surface area contributed by atoms with Crippen LogP contribution in [-0.4, -0.2) is 82.1 Å². The number of rotatable bonds is 7. The summed E-state index contributed by atoms with van der Waals surface area (Å²) in [6.07, 6.45) is 2.62. The molecule has 0 bridgehead atoms. The van der Waals surface area contributed by atoms with Gasteiger partial charge in [0.05, 0.1) is 17.4 Å². The fourth-order valence-corrected chi connectivity index (χ4v) is 4.43. The van der Waals surface area contributed by atoms with E-state index in [1.54, 1.807) is 43.6 Å². The standard InChI is InChI=1S/C26H27FN6O3/c1-36-14-2-9-31-10-12-32(13-11-31)26(35)18-3-6-21(7-4-18)33-17-24(29-30-33)22-16-19-15-20(27)5-8-23(19)28-25(22)34/h3-8,15-17H,2,9-14H2,1H3,(H,28,34). The minimum atomic E-state index is -0.386. The van der Waals surface area contributed by atoms with E-state index in [2.05, 4.69) is 20.2 Å². The van der Waals surface area contributed by atoms with E-state index in [-0.39, 0.29) is 17.3 Å². The van der Waals surface area contributed by atoms with Gasteiger partial charge in [-0.05, 0) is 55.0 Å². The number of aromatic nitrogens is 4. The van der Waals surface area contributed by atoms with Gasteiger partial charge in [0, 0.05) is 62.9 Å². The van der Waals surface area contributed by atoms with Crippen molar-refractivity contribution in [2.24, 2.45) is 0 Å². The number of pyridine rings is 1. The average molecular weight is 491 g/mol. The van der Waals surface area contributed by atoms with Crippen LogP contribution >= 0.6 is 0 Å². The van der Waals surface area contributed by atoms with Crippen LogP contribution in [0.3, 0.4) is 0 Å². The SMILES string of the molecule is COCCCN1CCN(C(=O)c2ccc(-n3cc(-c4cc5cc(F)ccc5[nH]c4=O)nn3)cc2)CC1. The number of halogens is 1. The number of carbonyl (C=O) groups is 1. The number of hydrogen-bond donors (Lipinski definition) is 1. The van der Waals surface area contributed by atoms with Gasteiger partial charge in [-0.1, -0.05) is 5.21 Å². The maximum absolute atomic E-state index is 13.6. The molecule has 2 aromatic heterocycles. The minimum absolute atomic E-state index is 0.00676. The van der Waals surface area contributed by atoms with Crippen molar-refractivity contribution in [1.29, 1.82) is 0 Å². The molecule has 1 fully saturated rings. The van der Waals surface area contributed by atoms with Crippen LogP contribution < -0.4 is 5.56 Å². The molecule has 1 N–H and O–H groups in total. The van der Waals surface area contributed by atoms with Crippen LogP contribution in [0.1, 0.15) is 16.8 Å². The lowest BCUT2D eigenvalue weighted by Gasteiger charge is -2.34. The molecule has 5 rings (SSSR count). The Bertz CT molecular complexity index is 1420. The van der Waals surface area contributed by atoms with E-state index in [1.807, 2.05) is 4.90 Å². The monoisotopic (exact) mass is 490 g/mol. The number of benzene rings is 2. The summed E-state index contributed by atoms with van der Waals surface area (Å²) in [6, 6.07) is 12.9. The summed E-state index contributed by atoms with van der Waals surface area (Å²) in [5.41, 5.74) is 2.20. The number of nitrogens with one attached hydrogen (secondary N) is 1. The Hall–Kier alpha value is -3.89. The Labute approximate surface area is 207 Å². The zero-order valence-corrected chi connectivity index (χ0v) is 20.0. The molecule has 9 nitrogen and oxygen atoms in total. The Morgan fingerprint density at radius 2 is 1.86 bits per heavy atom. The van der Waals surface area contributed by atoms with Gasteiger partial charge >= 0.3 is 0 Å². The van der Waals surface area contributed by atoms with E-state index in [1.165, 1.54) is 22.9 Å². The van der Waals surface area contributed by atoms with E-state index in [4.69, 9.17) is 4.74 Å². The van der Waals surface area contributed by atoms with Crippen molar-refractivity contribution < 1.29 is 13.9 Å². The lowest BCUT2D eigenvalue weighted by molar-refractivity contribution is 0.0624. The molecule has 4 aromatic rings. The Morgan fingerprint density at radius 3 is 2.61 bits per heavy atom. The molecule has 0 aliphatic carbocycles. The summed E-state index contributed by atoms with van der Waals surface area (Å²) in [7, 11) is 1.71. The van der Waals surface area contributed by atoms with Gasteiger partial charge in [0.15, 0.2) is 0 Å². The first kappa shape index (κ1) is 23.8. The fraction of sp³-hybridized carbons (Fsp3) is 0.308. The van der Waals surface area contributed by atoms with Crippen LogP contribution in [0.25, 0.3) is 27.8 Å². The molecule has 1 aliphatic rings. The number of amides is 1. The molecule has 0 spiro atoms. The molecule has 1 aliphatic heterocycles. The van der Waals surface area contributed by atoms with E-state index < -0.39 is 0 Å². The topological polar surface area (TPSA) is 96.3 Å². The predicted octanol–water partition coefficient (Wildman–Crippen LogP) is 2.71. The number of carbonyl (C=O) groups excluding carboxylic acids is 1. The van der Waals surface area contributed by atoms with Crippen LogP contribution in [-0.2, 0) is 4.74 Å². The maximum atomic E-state index is 13.6. The molecule has 10 heteroatoms. The summed E-state index contributed by atoms with van der Waals surface area (Å²) < 4.78 is 20.3. The van der Waals surface area contributed by atoms with Crippen molar-refractivity contribution in [2.45, 2.75) is 6.42 Å². The van der Waals surface area contributed by atoms with Gasteiger partial charge in [0.1, 0.15) is 11.5 Å². The summed E-state index contributed by atoms with van der Waals surface area (Å²) >= 11 is 0. The second kappa shape index (κ2) is 10.4. The molecular weight excluding hydrogens is 463 g/mol. The number of piperazine rings is 1. The largest absolute Gasteiger partial charge is 0.385 e. The number of fused-ring (bicyclic) bond motifs is 1. The van der Waals surface area contributed by atoms with Gasteiger partial charge in [-0.3, -0.25) is 14.5 Å². The van der Waals surface area contributed by atoms with Gasteiger partial charge in [-0.15, -0.1) is 5.10 Å². The zero-order chi connectivity index (χ0) is 25.1. The number of hydrogen-bond acceptors (Lipinski definition) is 6. The summed E-state index contributed by atoms with van der Waals surface area (Å²) in [4.78, 5) is 32.5. The molecule has 186 valence electrons. The zero-order valence-electron chi connectivity index (χ0n) is 20.0. The molecule has 1 amide bonds. The molecule has 2 aromatic carbocycles. The molecule has 0 radical (unpaired) electrons. The van der Waals surface area contributed by atoms with Gasteiger partial charge in [0.2, 0.25) is 0 Å². The van der Waals surface area contributed by atoms with Gasteiger partial charge in [0.25, 0.3) is 11.5 Å². The second-order valence-electron chi connectivity index (χ2n) is 8.82. The quantitative estimate of drug-likeness (QED) is 0.400. The first-order chi connectivity index (χ1) is 17.5. The van der Waals surface area contributed by atoms with Crippen molar-refractivity contribution in [1.82, 2.24) is 29.8 Å². The fourth-order valence-electron chi connectivity index (χ4n) is 4.43. The minimum Gasteiger partial charge on any atom is -0.385 e. The van der Waals surface area contributed by atoms with Crippen molar-refractivity contribution in [3.8, 4) is 16.9 Å². The molecule has 1 saturated heterocycles. The number of nitrogens with zero attached hydrogens (tertiary/aromatic N) is 5. The Morgan fingerprint density at radius 1 is 1.08 bits per heavy atom. The average Bonchev–Trinajstić information content (AvgIpc) is 3.39. The number of aromatic amines is 1. The molecule has 0 unspecified atom stereocenters. The number of methoxy groups -OCH3 is 1. The summed E-state index contributed by atoms with van der Waals surface area (Å²) in [5.74, 6) is -0.380. The van der Waals surface area contributed by atoms with Crippen LogP contribution in [0, 0.1) is 5.82 Å². The normalized spacial score (nSPS) is 14.4. The Kier molecular flexibility index (Phi) is 6.88. The van der Waals surface area contributed by atoms with Crippen LogP contribution in [0.15, 0.2) is 59.5 Å². The van der Waals surface area contributed by atoms with E-state index in [9.17, 15) is 14.0 Å². The third kappa shape index (κ3) is 5.05. The number of ether oxygens (including phenoxy) is 1. The lowest BCUT2D eigenvalue weighted by Crippen LogP contribution is -2.48. The Balaban J connectivity index is 1.27. The maximum Gasteiger partial charge on any atom is 0.258 e. The van der Waals surface area contributed by atoms with Crippen molar-refractivity contribution >= 4 is 16.8 Å². The van der Waals surface area contributed by atoms with Crippen molar-refractivity contribution in [3.05, 3.63) is 76.5 Å². The molecular formula is C26H27FN6O3. The third-order valence-electron chi connectivity index (χ3n) is 6.44. The lowest BCUT2D eigenvalue weighted by atomic mass is 10.1. The van der Waals surface area contributed by atoms with Gasteiger partial charge < -0.3 is 14.6 Å².